The van der Waals surface area contributed by atoms with E-state index in [1.807, 2.05) is 0 Å². The molecule has 0 rings (SSSR count). The van der Waals surface area contributed by atoms with Crippen molar-refractivity contribution in [1.82, 2.24) is 15.6 Å². The number of nitrogens with zero attached hydrogens (tertiary/aromatic N) is 1. The maximum atomic E-state index is 13.7. The Morgan fingerprint density at radius 2 is 1.08 bits per heavy atom. The standard InChI is InChI=1S/C52H94N6O13S/c1-3-5-7-9-11-13-15-17-19-21-23-25-27-29-48(65)70-39-41(71-49(66)30-28-26-24-22-20-18-16-14-12-10-8-6-4-2)40-72-36-34-46(62)58(55)52(43(59)37-53,35-33-44(54)60)51(69)56-38-45(61)57-42(50(67)68)31-32-47(63)64/h41-42H,3-40,53,55H2,1-2H3,(H2,54,60)(H,56,69)(H,57,61)(H,63,64)(H,67,68)/t41-,42-,52?/m1/s1. The van der Waals surface area contributed by atoms with Crippen molar-refractivity contribution in [3.8, 4) is 0 Å². The van der Waals surface area contributed by atoms with E-state index in [4.69, 9.17) is 31.9 Å². The van der Waals surface area contributed by atoms with Crippen LogP contribution in [0, 0.1) is 0 Å². The molecule has 0 aliphatic heterocycles. The molecular formula is C52H94N6O13S. The lowest BCUT2D eigenvalue weighted by Crippen LogP contribution is -2.69. The third-order valence-corrected chi connectivity index (χ3v) is 13.7. The Balaban J connectivity index is 5.49. The van der Waals surface area contributed by atoms with Crippen LogP contribution in [0.4, 0.5) is 0 Å². The molecular weight excluding hydrogens is 949 g/mol. The van der Waals surface area contributed by atoms with Crippen molar-refractivity contribution < 1.29 is 62.8 Å². The number of hydrogen-bond acceptors (Lipinski definition) is 14. The number of hydrogen-bond donors (Lipinski definition) is 7. The van der Waals surface area contributed by atoms with Crippen molar-refractivity contribution in [2.75, 3.05) is 31.2 Å². The van der Waals surface area contributed by atoms with Crippen molar-refractivity contribution in [2.45, 2.75) is 243 Å². The van der Waals surface area contributed by atoms with Gasteiger partial charge in [0.15, 0.2) is 11.3 Å². The fraction of sp³-hybridized carbons (Fsp3) is 0.827. The van der Waals surface area contributed by atoms with Crippen molar-refractivity contribution in [3.63, 3.8) is 0 Å². The number of carboxylic acid groups (broad SMARTS) is 2. The molecule has 19 nitrogen and oxygen atoms in total. The third kappa shape index (κ3) is 34.2. The van der Waals surface area contributed by atoms with E-state index in [1.54, 1.807) is 0 Å². The van der Waals surface area contributed by atoms with Gasteiger partial charge in [-0.05, 0) is 25.7 Å². The minimum Gasteiger partial charge on any atom is -0.481 e. The molecule has 1 unspecified atom stereocenters. The molecule has 3 atom stereocenters. The second-order valence-corrected chi connectivity index (χ2v) is 20.0. The van der Waals surface area contributed by atoms with Gasteiger partial charge in [-0.15, -0.1) is 0 Å². The lowest BCUT2D eigenvalue weighted by atomic mass is 9.85. The third-order valence-electron chi connectivity index (χ3n) is 12.6. The van der Waals surface area contributed by atoms with Crippen molar-refractivity contribution >= 4 is 65.1 Å². The average Bonchev–Trinajstić information content (AvgIpc) is 3.34. The number of hydrazine groups is 1. The molecule has 72 heavy (non-hydrogen) atoms. The normalized spacial score (nSPS) is 12.8. The summed E-state index contributed by atoms with van der Waals surface area (Å²) in [5, 5.41) is 22.9. The minimum atomic E-state index is -2.62. The molecule has 0 aromatic rings. The number of carbonyl (C=O) groups is 9. The first-order valence-corrected chi connectivity index (χ1v) is 28.2. The fourth-order valence-corrected chi connectivity index (χ4v) is 9.11. The second kappa shape index (κ2) is 44.2. The molecule has 4 amide bonds. The molecule has 0 aromatic heterocycles. The van der Waals surface area contributed by atoms with Crippen LogP contribution in [0.1, 0.15) is 226 Å². The zero-order valence-electron chi connectivity index (χ0n) is 44.0. The van der Waals surface area contributed by atoms with Gasteiger partial charge in [0.25, 0.3) is 5.91 Å². The van der Waals surface area contributed by atoms with E-state index in [-0.39, 0.29) is 37.4 Å². The number of ketones is 1. The molecule has 0 radical (unpaired) electrons. The van der Waals surface area contributed by atoms with Crippen LogP contribution in [-0.2, 0) is 52.6 Å². The molecule has 416 valence electrons. The summed E-state index contributed by atoms with van der Waals surface area (Å²) in [6.07, 6.45) is 27.2. The zero-order chi connectivity index (χ0) is 53.8. The Kier molecular flexibility index (Phi) is 41.6. The summed E-state index contributed by atoms with van der Waals surface area (Å²) in [5.74, 6) is -2.65. The van der Waals surface area contributed by atoms with Crippen molar-refractivity contribution in [3.05, 3.63) is 0 Å². The minimum absolute atomic E-state index is 0.0337. The highest BCUT2D eigenvalue weighted by Gasteiger charge is 2.51. The van der Waals surface area contributed by atoms with E-state index in [1.165, 1.54) is 127 Å². The first-order chi connectivity index (χ1) is 34.5. The van der Waals surface area contributed by atoms with Crippen LogP contribution in [0.15, 0.2) is 0 Å². The Morgan fingerprint density at radius 3 is 1.51 bits per heavy atom. The predicted molar refractivity (Wildman–Crippen MR) is 279 cm³/mol. The predicted octanol–water partition coefficient (Wildman–Crippen LogP) is 7.31. The van der Waals surface area contributed by atoms with Gasteiger partial charge in [-0.25, -0.2) is 10.6 Å². The number of nitrogens with one attached hydrogen (secondary N) is 2. The number of unbranched alkanes of at least 4 members (excludes halogenated alkanes) is 24. The monoisotopic (exact) mass is 1040 g/mol. The molecule has 0 aromatic carbocycles. The number of esters is 2. The SMILES string of the molecule is CCCCCCCCCCCCCCCC(=O)OC[C@H](CSCCC(=O)N(N)C(CCC(N)=O)(C(=O)CN)C(=O)NCC(=O)N[C@H](CCC(=O)O)C(=O)O)OC(=O)CCCCCCCCCCCCCCC. The van der Waals surface area contributed by atoms with Crippen LogP contribution in [0.5, 0.6) is 0 Å². The number of primary amides is 1. The summed E-state index contributed by atoms with van der Waals surface area (Å²) < 4.78 is 11.3. The number of nitrogens with two attached hydrogens (primary N) is 3. The highest BCUT2D eigenvalue weighted by molar-refractivity contribution is 7.99. The van der Waals surface area contributed by atoms with Crippen LogP contribution in [0.3, 0.4) is 0 Å². The second-order valence-electron chi connectivity index (χ2n) is 18.9. The van der Waals surface area contributed by atoms with Gasteiger partial charge >= 0.3 is 23.9 Å². The van der Waals surface area contributed by atoms with E-state index in [0.29, 0.717) is 17.9 Å². The number of carboxylic acids is 2. The van der Waals surface area contributed by atoms with Gasteiger partial charge in [0.1, 0.15) is 18.8 Å². The molecule has 0 bridgehead atoms. The van der Waals surface area contributed by atoms with Crippen LogP contribution >= 0.6 is 11.8 Å². The molecule has 0 spiro atoms. The van der Waals surface area contributed by atoms with Gasteiger partial charge in [0, 0.05) is 43.6 Å². The number of Topliss-reactive ketones (excluding diaryl/α,β-unsaturated/α-hetero) is 1. The molecule has 0 saturated carbocycles. The zero-order valence-corrected chi connectivity index (χ0v) is 44.8. The Hall–Kier alpha value is -4.30. The largest absolute Gasteiger partial charge is 0.481 e. The Bertz CT molecular complexity index is 1570. The molecule has 20 heteroatoms. The molecule has 0 aliphatic rings. The van der Waals surface area contributed by atoms with Crippen LogP contribution < -0.4 is 27.9 Å². The quantitative estimate of drug-likeness (QED) is 0.00784. The Labute approximate surface area is 434 Å². The number of ether oxygens (including phenoxy) is 2. The van der Waals surface area contributed by atoms with Gasteiger partial charge in [-0.1, -0.05) is 168 Å². The molecule has 10 N–H and O–H groups in total. The van der Waals surface area contributed by atoms with Crippen LogP contribution in [0.25, 0.3) is 0 Å². The maximum Gasteiger partial charge on any atom is 0.326 e. The van der Waals surface area contributed by atoms with E-state index in [2.05, 4.69) is 24.5 Å². The van der Waals surface area contributed by atoms with Crippen molar-refractivity contribution in [1.29, 1.82) is 0 Å². The number of aliphatic carboxylic acids is 2. The summed E-state index contributed by atoms with van der Waals surface area (Å²) in [5.41, 5.74) is 8.37. The highest BCUT2D eigenvalue weighted by atomic mass is 32.2. The highest BCUT2D eigenvalue weighted by Crippen LogP contribution is 2.24. The smallest absolute Gasteiger partial charge is 0.326 e. The summed E-state index contributed by atoms with van der Waals surface area (Å²) in [6, 6.07) is -1.62. The lowest BCUT2D eigenvalue weighted by molar-refractivity contribution is -0.157. The van der Waals surface area contributed by atoms with Gasteiger partial charge in [0.05, 0.1) is 13.1 Å². The molecule has 0 fully saturated rings. The first kappa shape index (κ1) is 67.7. The maximum absolute atomic E-state index is 13.7. The summed E-state index contributed by atoms with van der Waals surface area (Å²) in [4.78, 5) is 114. The lowest BCUT2D eigenvalue weighted by Gasteiger charge is -2.38. The summed E-state index contributed by atoms with van der Waals surface area (Å²) >= 11 is 1.17. The fourth-order valence-electron chi connectivity index (χ4n) is 8.19. The van der Waals surface area contributed by atoms with Gasteiger partial charge in [0.2, 0.25) is 17.7 Å². The topological polar surface area (TPSA) is 318 Å². The van der Waals surface area contributed by atoms with Crippen LogP contribution in [0.2, 0.25) is 0 Å². The molecule has 0 aliphatic carbocycles. The summed E-state index contributed by atoms with van der Waals surface area (Å²) in [6.45, 7) is 2.51. The Morgan fingerprint density at radius 1 is 0.625 bits per heavy atom. The molecule has 0 heterocycles. The van der Waals surface area contributed by atoms with Gasteiger partial charge < -0.3 is 41.8 Å². The van der Waals surface area contributed by atoms with Crippen LogP contribution in [-0.4, -0.2) is 117 Å². The molecule has 0 saturated heterocycles. The number of amides is 4. The van der Waals surface area contributed by atoms with E-state index in [9.17, 15) is 48.3 Å². The number of carbonyl (C=O) groups excluding carboxylic acids is 7. The van der Waals surface area contributed by atoms with Gasteiger partial charge in [-0.3, -0.25) is 43.4 Å². The van der Waals surface area contributed by atoms with E-state index in [0.717, 1.165) is 38.5 Å². The number of rotatable bonds is 50. The van der Waals surface area contributed by atoms with Gasteiger partial charge in [-0.2, -0.15) is 11.8 Å². The first-order valence-electron chi connectivity index (χ1n) is 27.1. The van der Waals surface area contributed by atoms with E-state index < -0.39 is 110 Å². The average molecular weight is 1040 g/mol. The van der Waals surface area contributed by atoms with E-state index >= 15 is 0 Å². The van der Waals surface area contributed by atoms with Crippen molar-refractivity contribution in [2.24, 2.45) is 17.3 Å². The summed E-state index contributed by atoms with van der Waals surface area (Å²) in [7, 11) is 0. The number of thioether (sulfide) groups is 1.